The predicted octanol–water partition coefficient (Wildman–Crippen LogP) is 1.53. The summed E-state index contributed by atoms with van der Waals surface area (Å²) < 4.78 is 44.2. The molecule has 14 heavy (non-hydrogen) atoms. The number of nitrogens with two attached hydrogens (primary N) is 1. The van der Waals surface area contributed by atoms with Gasteiger partial charge in [-0.3, -0.25) is 5.32 Å². The smallest absolute Gasteiger partial charge is 0.439 e. The van der Waals surface area contributed by atoms with Gasteiger partial charge in [0.25, 0.3) is 0 Å². The summed E-state index contributed by atoms with van der Waals surface area (Å²) in [7, 11) is -6.00. The Morgan fingerprint density at radius 2 is 1.71 bits per heavy atom. The standard InChI is InChI=1S/C7H7NO.BF4/c1-2-4-7-6(3-1)8-5-9-7;2-1(3,4)5/h1-4,8H,5H2;/q;-1/p+1. The van der Waals surface area contributed by atoms with E-state index < -0.39 is 7.25 Å². The molecule has 0 fully saturated rings. The van der Waals surface area contributed by atoms with E-state index in [1.165, 1.54) is 5.69 Å². The average molecular weight is 209 g/mol. The lowest BCUT2D eigenvalue weighted by atomic mass is 10.3. The van der Waals surface area contributed by atoms with Gasteiger partial charge in [0, 0.05) is 6.07 Å². The summed E-state index contributed by atoms with van der Waals surface area (Å²) in [5, 5.41) is 2.08. The highest BCUT2D eigenvalue weighted by Crippen LogP contribution is 2.20. The van der Waals surface area contributed by atoms with Gasteiger partial charge in [0.15, 0.2) is 11.4 Å². The minimum absolute atomic E-state index is 0.735. The van der Waals surface area contributed by atoms with Crippen LogP contribution >= 0.6 is 0 Å². The van der Waals surface area contributed by atoms with Crippen molar-refractivity contribution in [2.75, 3.05) is 6.73 Å². The zero-order valence-corrected chi connectivity index (χ0v) is 7.09. The van der Waals surface area contributed by atoms with Crippen LogP contribution < -0.4 is 10.1 Å². The first kappa shape index (κ1) is 10.8. The monoisotopic (exact) mass is 209 g/mol. The molecule has 1 aromatic rings. The van der Waals surface area contributed by atoms with E-state index in [9.17, 15) is 17.3 Å². The van der Waals surface area contributed by atoms with E-state index >= 15 is 0 Å². The quantitative estimate of drug-likeness (QED) is 0.391. The van der Waals surface area contributed by atoms with Gasteiger partial charge in [-0.2, -0.15) is 0 Å². The van der Waals surface area contributed by atoms with Crippen molar-refractivity contribution in [3.05, 3.63) is 24.3 Å². The molecule has 1 aliphatic rings. The van der Waals surface area contributed by atoms with Crippen LogP contribution in [0.1, 0.15) is 0 Å². The lowest BCUT2D eigenvalue weighted by Gasteiger charge is -1.94. The molecule has 0 spiro atoms. The molecule has 0 bridgehead atoms. The maximum absolute atomic E-state index is 9.75. The number of quaternary nitrogens is 1. The van der Waals surface area contributed by atoms with Crippen LogP contribution in [0.5, 0.6) is 5.75 Å². The van der Waals surface area contributed by atoms with Gasteiger partial charge in [0.1, 0.15) is 0 Å². The Labute approximate surface area is 78.0 Å². The molecule has 0 unspecified atom stereocenters. The van der Waals surface area contributed by atoms with Crippen LogP contribution in [-0.4, -0.2) is 14.0 Å². The van der Waals surface area contributed by atoms with Gasteiger partial charge in [-0.1, -0.05) is 12.1 Å². The second-order valence-electron chi connectivity index (χ2n) is 2.55. The molecular weight excluding hydrogens is 201 g/mol. The fraction of sp³-hybridized carbons (Fsp3) is 0.143. The number of fused-ring (bicyclic) bond motifs is 1. The Bertz CT molecular complexity index is 275. The van der Waals surface area contributed by atoms with Crippen molar-refractivity contribution in [2.24, 2.45) is 0 Å². The second-order valence-corrected chi connectivity index (χ2v) is 2.55. The molecule has 7 heteroatoms. The molecular formula is C7H8BF4NO. The first-order valence-corrected chi connectivity index (χ1v) is 3.89. The molecule has 0 atom stereocenters. The van der Waals surface area contributed by atoms with Gasteiger partial charge in [0.05, 0.1) is 0 Å². The summed E-state index contributed by atoms with van der Waals surface area (Å²) in [6, 6.07) is 8.04. The van der Waals surface area contributed by atoms with Crippen molar-refractivity contribution in [2.45, 2.75) is 0 Å². The number of benzene rings is 1. The van der Waals surface area contributed by atoms with Crippen LogP contribution in [0.4, 0.5) is 23.0 Å². The van der Waals surface area contributed by atoms with E-state index in [1.807, 2.05) is 18.2 Å². The van der Waals surface area contributed by atoms with E-state index in [1.54, 1.807) is 0 Å². The van der Waals surface area contributed by atoms with E-state index in [4.69, 9.17) is 4.74 Å². The van der Waals surface area contributed by atoms with Gasteiger partial charge in [0.2, 0.25) is 6.73 Å². The highest BCUT2D eigenvalue weighted by Gasteiger charge is 2.20. The fourth-order valence-corrected chi connectivity index (χ4v) is 1.00. The van der Waals surface area contributed by atoms with Crippen molar-refractivity contribution in [1.29, 1.82) is 0 Å². The van der Waals surface area contributed by atoms with Gasteiger partial charge in [-0.25, -0.2) is 0 Å². The minimum Gasteiger partial charge on any atom is -0.439 e. The molecule has 0 saturated carbocycles. The molecule has 1 aliphatic heterocycles. The Morgan fingerprint density at radius 3 is 2.29 bits per heavy atom. The first-order chi connectivity index (χ1) is 6.47. The summed E-state index contributed by atoms with van der Waals surface area (Å²) in [5.74, 6) is 1.01. The molecule has 0 saturated heterocycles. The molecule has 1 aromatic carbocycles. The Kier molecular flexibility index (Phi) is 3.35. The summed E-state index contributed by atoms with van der Waals surface area (Å²) in [5.41, 5.74) is 1.22. The summed E-state index contributed by atoms with van der Waals surface area (Å²) >= 11 is 0. The number of halogens is 4. The van der Waals surface area contributed by atoms with Crippen LogP contribution in [0.25, 0.3) is 0 Å². The highest BCUT2D eigenvalue weighted by atomic mass is 19.5. The molecule has 0 aromatic heterocycles. The number of para-hydroxylation sites is 2. The molecule has 2 nitrogen and oxygen atoms in total. The normalized spacial score (nSPS) is 13.7. The van der Waals surface area contributed by atoms with Crippen molar-refractivity contribution < 1.29 is 27.3 Å². The van der Waals surface area contributed by atoms with E-state index in [0.29, 0.717) is 0 Å². The largest absolute Gasteiger partial charge is 0.673 e. The van der Waals surface area contributed by atoms with E-state index in [0.717, 1.165) is 12.5 Å². The maximum Gasteiger partial charge on any atom is 0.673 e. The number of rotatable bonds is 0. The van der Waals surface area contributed by atoms with Crippen LogP contribution in [0.15, 0.2) is 24.3 Å². The lowest BCUT2D eigenvalue weighted by Crippen LogP contribution is -2.76. The summed E-state index contributed by atoms with van der Waals surface area (Å²) in [4.78, 5) is 0. The summed E-state index contributed by atoms with van der Waals surface area (Å²) in [6.45, 7) is 0.735. The first-order valence-electron chi connectivity index (χ1n) is 3.89. The zero-order valence-electron chi connectivity index (χ0n) is 7.09. The zero-order chi connectivity index (χ0) is 10.6. The third-order valence-electron chi connectivity index (χ3n) is 1.46. The third-order valence-corrected chi connectivity index (χ3v) is 1.46. The maximum atomic E-state index is 9.75. The van der Waals surface area contributed by atoms with Crippen LogP contribution in [-0.2, 0) is 0 Å². The van der Waals surface area contributed by atoms with Crippen LogP contribution in [0.2, 0.25) is 0 Å². The van der Waals surface area contributed by atoms with Gasteiger partial charge < -0.3 is 22.0 Å². The third kappa shape index (κ3) is 4.13. The molecule has 0 radical (unpaired) electrons. The van der Waals surface area contributed by atoms with E-state index in [2.05, 4.69) is 11.4 Å². The molecule has 2 N–H and O–H groups in total. The van der Waals surface area contributed by atoms with Crippen molar-refractivity contribution >= 4 is 12.9 Å². The average Bonchev–Trinajstić information content (AvgIpc) is 2.47. The minimum atomic E-state index is -6.00. The van der Waals surface area contributed by atoms with Crippen LogP contribution in [0, 0.1) is 0 Å². The number of ether oxygens (including phenoxy) is 1. The SMILES string of the molecule is F[B-](F)(F)F.c1ccc2c(c1)[NH2+]CO2. The second kappa shape index (κ2) is 4.32. The van der Waals surface area contributed by atoms with Crippen molar-refractivity contribution in [3.63, 3.8) is 0 Å². The molecule has 0 amide bonds. The Hall–Kier alpha value is -1.24. The predicted molar refractivity (Wildman–Crippen MR) is 43.7 cm³/mol. The Balaban J connectivity index is 0.000000171. The molecule has 1 heterocycles. The van der Waals surface area contributed by atoms with Gasteiger partial charge >= 0.3 is 7.25 Å². The molecule has 0 aliphatic carbocycles. The topological polar surface area (TPSA) is 25.8 Å². The Morgan fingerprint density at radius 1 is 1.14 bits per heavy atom. The highest BCUT2D eigenvalue weighted by molar-refractivity contribution is 6.50. The van der Waals surface area contributed by atoms with E-state index in [-0.39, 0.29) is 0 Å². The summed E-state index contributed by atoms with van der Waals surface area (Å²) in [6.07, 6.45) is 0. The lowest BCUT2D eigenvalue weighted by molar-refractivity contribution is -0.584. The molecule has 2 rings (SSSR count). The van der Waals surface area contributed by atoms with Crippen molar-refractivity contribution in [3.8, 4) is 5.75 Å². The van der Waals surface area contributed by atoms with Gasteiger partial charge in [-0.15, -0.1) is 0 Å². The van der Waals surface area contributed by atoms with Crippen molar-refractivity contribution in [1.82, 2.24) is 0 Å². The number of hydrogen-bond donors (Lipinski definition) is 1. The number of hydrogen-bond acceptors (Lipinski definition) is 1. The van der Waals surface area contributed by atoms with Gasteiger partial charge in [-0.05, 0) is 6.07 Å². The van der Waals surface area contributed by atoms with Crippen LogP contribution in [0.3, 0.4) is 0 Å². The molecule has 78 valence electrons. The fourth-order valence-electron chi connectivity index (χ4n) is 1.00.